The lowest BCUT2D eigenvalue weighted by atomic mass is 9.73. The largest absolute Gasteiger partial charge is 0.427 e. The van der Waals surface area contributed by atoms with Crippen molar-refractivity contribution in [1.82, 2.24) is 9.80 Å². The maximum atomic E-state index is 13.1. The number of amides is 1. The van der Waals surface area contributed by atoms with E-state index in [1.807, 2.05) is 31.9 Å². The van der Waals surface area contributed by atoms with Gasteiger partial charge >= 0.3 is 11.9 Å². The highest BCUT2D eigenvalue weighted by Gasteiger charge is 2.64. The summed E-state index contributed by atoms with van der Waals surface area (Å²) >= 11 is 3.55. The summed E-state index contributed by atoms with van der Waals surface area (Å²) in [7, 11) is 0. The summed E-state index contributed by atoms with van der Waals surface area (Å²) in [6.45, 7) is 11.3. The summed E-state index contributed by atoms with van der Waals surface area (Å²) in [5.41, 5.74) is 4.96. The summed E-state index contributed by atoms with van der Waals surface area (Å²) in [4.78, 5) is 46.5. The van der Waals surface area contributed by atoms with Gasteiger partial charge in [-0.3, -0.25) is 14.6 Å². The van der Waals surface area contributed by atoms with Gasteiger partial charge < -0.3 is 25.0 Å². The summed E-state index contributed by atoms with van der Waals surface area (Å²) in [5.74, 6) is 3.24. The zero-order valence-corrected chi connectivity index (χ0v) is 26.8. The van der Waals surface area contributed by atoms with E-state index in [4.69, 9.17) is 20.2 Å². The number of halogens is 2. The van der Waals surface area contributed by atoms with Gasteiger partial charge in [0.05, 0.1) is 11.8 Å². The van der Waals surface area contributed by atoms with Gasteiger partial charge in [-0.2, -0.15) is 11.8 Å². The highest BCUT2D eigenvalue weighted by Crippen LogP contribution is 2.52. The monoisotopic (exact) mass is 626 g/mol. The fourth-order valence-corrected chi connectivity index (χ4v) is 8.57. The summed E-state index contributed by atoms with van der Waals surface area (Å²) in [6.07, 6.45) is 5.69. The lowest BCUT2D eigenvalue weighted by molar-refractivity contribution is -0.179. The number of hydrogen-bond donors (Lipinski definition) is 1. The van der Waals surface area contributed by atoms with Crippen LogP contribution in [-0.2, 0) is 23.9 Å². The van der Waals surface area contributed by atoms with E-state index in [9.17, 15) is 14.4 Å². The van der Waals surface area contributed by atoms with Crippen LogP contribution in [0.2, 0.25) is 0 Å². The number of thioether (sulfide) groups is 2. The van der Waals surface area contributed by atoms with E-state index < -0.39 is 41.0 Å². The van der Waals surface area contributed by atoms with Crippen LogP contribution >= 0.6 is 48.3 Å². The van der Waals surface area contributed by atoms with E-state index >= 15 is 0 Å². The van der Waals surface area contributed by atoms with Crippen LogP contribution in [0.5, 0.6) is 0 Å². The molecule has 4 rings (SSSR count). The Hall–Kier alpha value is -0.880. The highest BCUT2D eigenvalue weighted by atomic mass is 35.5. The van der Waals surface area contributed by atoms with E-state index in [1.165, 1.54) is 25.0 Å². The number of nitrogens with two attached hydrogens (primary N) is 1. The summed E-state index contributed by atoms with van der Waals surface area (Å²) in [5, 5.41) is -0.193. The summed E-state index contributed by atoms with van der Waals surface area (Å²) in [6, 6.07) is -1.22. The molecule has 4 fully saturated rings. The Morgan fingerprint density at radius 2 is 1.79 bits per heavy atom. The standard InChI is InChI=1S/C26H42N4O5S2.2ClH/c1-25(2,3)24(33)35-15-34-23(32)20-26(4,5)37-22-19(21(31)30(20)22)28-14-29-11-16-8-17(12-29)10-18(9-16)13-36-7-6-27;;/h14,16-20,22H,6-13,15,27H2,1-5H3;2*1H/t16?,17?,18?,19-,20+,22-;;/m1../s1. The Morgan fingerprint density at radius 3 is 2.38 bits per heavy atom. The molecule has 2 N–H and O–H groups in total. The molecule has 2 bridgehead atoms. The van der Waals surface area contributed by atoms with Crippen LogP contribution in [0, 0.1) is 23.2 Å². The molecule has 1 saturated carbocycles. The van der Waals surface area contributed by atoms with Crippen LogP contribution in [-0.4, -0.2) is 94.1 Å². The normalized spacial score (nSPS) is 31.1. The molecule has 1 aliphatic carbocycles. The predicted octanol–water partition coefficient (Wildman–Crippen LogP) is 3.42. The van der Waals surface area contributed by atoms with Crippen molar-refractivity contribution in [3.8, 4) is 0 Å². The van der Waals surface area contributed by atoms with E-state index in [0.29, 0.717) is 11.8 Å². The molecule has 3 saturated heterocycles. The highest BCUT2D eigenvalue weighted by molar-refractivity contribution is 8.01. The minimum absolute atomic E-state index is 0. The topological polar surface area (TPSA) is 115 Å². The molecule has 0 aromatic carbocycles. The number of ether oxygens (including phenoxy) is 2. The second-order valence-electron chi connectivity index (χ2n) is 12.4. The van der Waals surface area contributed by atoms with Crippen molar-refractivity contribution >= 4 is 72.5 Å². The van der Waals surface area contributed by atoms with Gasteiger partial charge in [-0.05, 0) is 77.4 Å². The molecule has 224 valence electrons. The van der Waals surface area contributed by atoms with Gasteiger partial charge in [0.25, 0.3) is 5.91 Å². The number of piperidine rings is 1. The van der Waals surface area contributed by atoms with Crippen molar-refractivity contribution in [3.63, 3.8) is 0 Å². The minimum atomic E-state index is -0.738. The first-order chi connectivity index (χ1) is 17.4. The molecule has 3 heterocycles. The Bertz CT molecular complexity index is 905. The third-order valence-electron chi connectivity index (χ3n) is 7.63. The van der Waals surface area contributed by atoms with Crippen LogP contribution in [0.1, 0.15) is 53.9 Å². The van der Waals surface area contributed by atoms with Crippen LogP contribution in [0.3, 0.4) is 0 Å². The van der Waals surface area contributed by atoms with Gasteiger partial charge in [0, 0.05) is 30.1 Å². The molecule has 9 nitrogen and oxygen atoms in total. The molecule has 0 aromatic rings. The summed E-state index contributed by atoms with van der Waals surface area (Å²) < 4.78 is 9.80. The van der Waals surface area contributed by atoms with E-state index in [-0.39, 0.29) is 36.1 Å². The average molecular weight is 628 g/mol. The number of carbonyl (C=O) groups excluding carboxylic acids is 3. The van der Waals surface area contributed by atoms with Crippen molar-refractivity contribution in [3.05, 3.63) is 0 Å². The molecular weight excluding hydrogens is 583 g/mol. The number of carbonyl (C=O) groups is 3. The Kier molecular flexibility index (Phi) is 12.2. The lowest BCUT2D eigenvalue weighted by Gasteiger charge is -2.44. The van der Waals surface area contributed by atoms with Gasteiger partial charge in [0.2, 0.25) is 6.79 Å². The van der Waals surface area contributed by atoms with Gasteiger partial charge in [-0.15, -0.1) is 36.6 Å². The Labute approximate surface area is 253 Å². The fourth-order valence-electron chi connectivity index (χ4n) is 6.02. The molecule has 0 radical (unpaired) electrons. The zero-order valence-electron chi connectivity index (χ0n) is 23.5. The van der Waals surface area contributed by atoms with Crippen molar-refractivity contribution in [1.29, 1.82) is 0 Å². The number of rotatable bonds is 9. The van der Waals surface area contributed by atoms with Crippen LogP contribution in [0.25, 0.3) is 0 Å². The SMILES string of the molecule is CC(C)(C)C(=O)OCOC(=O)[C@@H]1N2C(=O)[C@@H](N=CN3CC4CC(CSCCN)CC(C4)C3)[C@H]2SC1(C)C.Cl.Cl. The Morgan fingerprint density at radius 1 is 1.15 bits per heavy atom. The molecule has 39 heavy (non-hydrogen) atoms. The first kappa shape index (κ1) is 34.3. The molecule has 0 spiro atoms. The molecule has 2 unspecified atom stereocenters. The Balaban J connectivity index is 0.00000267. The number of esters is 2. The average Bonchev–Trinajstić information content (AvgIpc) is 3.05. The number of fused-ring (bicyclic) bond motifs is 3. The maximum absolute atomic E-state index is 13.1. The van der Waals surface area contributed by atoms with Crippen LogP contribution in [0.15, 0.2) is 4.99 Å². The first-order valence-corrected chi connectivity index (χ1v) is 15.3. The van der Waals surface area contributed by atoms with Gasteiger partial charge in [-0.1, -0.05) is 0 Å². The fraction of sp³-hybridized carbons (Fsp3) is 0.846. The molecule has 5 atom stereocenters. The van der Waals surface area contributed by atoms with Crippen LogP contribution in [0.4, 0.5) is 0 Å². The van der Waals surface area contributed by atoms with Gasteiger partial charge in [-0.25, -0.2) is 4.79 Å². The quantitative estimate of drug-likeness (QED) is 0.103. The zero-order chi connectivity index (χ0) is 27.0. The van der Waals surface area contributed by atoms with Gasteiger partial charge in [0.1, 0.15) is 11.4 Å². The molecular formula is C26H44Cl2N4O5S2. The lowest BCUT2D eigenvalue weighted by Crippen LogP contribution is -2.65. The third-order valence-corrected chi connectivity index (χ3v) is 10.4. The molecule has 1 amide bonds. The van der Waals surface area contributed by atoms with Crippen molar-refractivity contribution in [2.75, 3.05) is 37.9 Å². The first-order valence-electron chi connectivity index (χ1n) is 13.3. The minimum Gasteiger partial charge on any atom is -0.427 e. The van der Waals surface area contributed by atoms with E-state index in [2.05, 4.69) is 4.90 Å². The van der Waals surface area contributed by atoms with Gasteiger partial charge in [0.15, 0.2) is 6.04 Å². The van der Waals surface area contributed by atoms with Crippen LogP contribution < -0.4 is 5.73 Å². The number of likely N-dealkylation sites (tertiary alicyclic amines) is 1. The van der Waals surface area contributed by atoms with Crippen molar-refractivity contribution in [2.45, 2.75) is 76.1 Å². The van der Waals surface area contributed by atoms with Crippen molar-refractivity contribution in [2.24, 2.45) is 33.9 Å². The van der Waals surface area contributed by atoms with Crippen molar-refractivity contribution < 1.29 is 23.9 Å². The molecule has 4 aliphatic rings. The van der Waals surface area contributed by atoms with E-state index in [0.717, 1.165) is 31.3 Å². The maximum Gasteiger partial charge on any atom is 0.333 e. The molecule has 13 heteroatoms. The number of β-lactam (4-membered cyclic amide) rings is 1. The smallest absolute Gasteiger partial charge is 0.333 e. The van der Waals surface area contributed by atoms with E-state index in [1.54, 1.807) is 37.4 Å². The number of hydrogen-bond acceptors (Lipinski definition) is 9. The second kappa shape index (κ2) is 13.9. The number of nitrogens with zero attached hydrogens (tertiary/aromatic N) is 3. The molecule has 3 aliphatic heterocycles. The number of aliphatic imine (C=N–C) groups is 1. The predicted molar refractivity (Wildman–Crippen MR) is 162 cm³/mol. The second-order valence-corrected chi connectivity index (χ2v) is 15.3. The third kappa shape index (κ3) is 7.90. The molecule has 0 aromatic heterocycles.